The van der Waals surface area contributed by atoms with Gasteiger partial charge in [-0.2, -0.15) is 0 Å². The molecule has 1 N–H and O–H groups in total. The fourth-order valence-electron chi connectivity index (χ4n) is 2.53. The summed E-state index contributed by atoms with van der Waals surface area (Å²) in [4.78, 5) is 4.58. The molecule has 0 fully saturated rings. The quantitative estimate of drug-likeness (QED) is 0.886. The molecule has 2 heterocycles. The number of hydrogen-bond acceptors (Lipinski definition) is 2. The second-order valence-corrected chi connectivity index (χ2v) is 6.13. The molecule has 4 heteroatoms. The standard InChI is InChI=1S/C16H17ClN2.ClH/c1-16(2)10-19-15-8-12(18-9-13(15)16)7-11-5-3-4-6-14(11)17;/h3-6,8-9,19H,7,10H2,1-2H3;1H. The molecule has 106 valence electrons. The minimum atomic E-state index is 0. The number of fused-ring (bicyclic) bond motifs is 1. The number of rotatable bonds is 2. The van der Waals surface area contributed by atoms with Gasteiger partial charge in [0.25, 0.3) is 0 Å². The summed E-state index contributed by atoms with van der Waals surface area (Å²) in [5.74, 6) is 0. The molecule has 1 aromatic heterocycles. The summed E-state index contributed by atoms with van der Waals surface area (Å²) in [6.45, 7) is 5.45. The second-order valence-electron chi connectivity index (χ2n) is 5.73. The minimum Gasteiger partial charge on any atom is -0.384 e. The van der Waals surface area contributed by atoms with Crippen molar-refractivity contribution in [3.63, 3.8) is 0 Å². The van der Waals surface area contributed by atoms with Gasteiger partial charge in [-0.1, -0.05) is 43.6 Å². The zero-order valence-corrected chi connectivity index (χ0v) is 13.2. The highest BCUT2D eigenvalue weighted by Gasteiger charge is 2.30. The first-order valence-electron chi connectivity index (χ1n) is 6.53. The highest BCUT2D eigenvalue weighted by molar-refractivity contribution is 6.31. The summed E-state index contributed by atoms with van der Waals surface area (Å²) in [6, 6.07) is 10.1. The van der Waals surface area contributed by atoms with E-state index < -0.39 is 0 Å². The summed E-state index contributed by atoms with van der Waals surface area (Å²) < 4.78 is 0. The van der Waals surface area contributed by atoms with E-state index in [0.29, 0.717) is 0 Å². The van der Waals surface area contributed by atoms with E-state index in [9.17, 15) is 0 Å². The van der Waals surface area contributed by atoms with E-state index >= 15 is 0 Å². The molecule has 0 radical (unpaired) electrons. The van der Waals surface area contributed by atoms with Crippen molar-refractivity contribution in [2.45, 2.75) is 25.7 Å². The first-order chi connectivity index (χ1) is 9.06. The Morgan fingerprint density at radius 3 is 2.80 bits per heavy atom. The van der Waals surface area contributed by atoms with Crippen LogP contribution in [0.2, 0.25) is 5.02 Å². The van der Waals surface area contributed by atoms with Crippen molar-refractivity contribution >= 4 is 29.7 Å². The molecule has 0 saturated heterocycles. The molecule has 20 heavy (non-hydrogen) atoms. The lowest BCUT2D eigenvalue weighted by Crippen LogP contribution is -2.19. The first kappa shape index (κ1) is 15.1. The van der Waals surface area contributed by atoms with Gasteiger partial charge in [-0.05, 0) is 17.7 Å². The molecule has 1 aliphatic rings. The molecule has 1 aromatic carbocycles. The number of pyridine rings is 1. The van der Waals surface area contributed by atoms with Crippen molar-refractivity contribution in [2.75, 3.05) is 11.9 Å². The molecule has 0 atom stereocenters. The maximum Gasteiger partial charge on any atom is 0.0468 e. The van der Waals surface area contributed by atoms with Crippen LogP contribution >= 0.6 is 24.0 Å². The normalized spacial score (nSPS) is 15.2. The largest absolute Gasteiger partial charge is 0.384 e. The van der Waals surface area contributed by atoms with Crippen LogP contribution in [0.4, 0.5) is 5.69 Å². The van der Waals surface area contributed by atoms with Crippen molar-refractivity contribution in [1.82, 2.24) is 4.98 Å². The van der Waals surface area contributed by atoms with Gasteiger partial charge in [-0.3, -0.25) is 4.98 Å². The summed E-state index contributed by atoms with van der Waals surface area (Å²) in [5, 5.41) is 4.26. The van der Waals surface area contributed by atoms with Gasteiger partial charge >= 0.3 is 0 Å². The predicted molar refractivity (Wildman–Crippen MR) is 87.3 cm³/mol. The first-order valence-corrected chi connectivity index (χ1v) is 6.91. The maximum absolute atomic E-state index is 6.19. The van der Waals surface area contributed by atoms with Crippen molar-refractivity contribution < 1.29 is 0 Å². The van der Waals surface area contributed by atoms with Crippen LogP contribution in [0.15, 0.2) is 36.5 Å². The van der Waals surface area contributed by atoms with Crippen LogP contribution < -0.4 is 5.32 Å². The third-order valence-corrected chi connectivity index (χ3v) is 4.11. The molecule has 1 aliphatic heterocycles. The number of anilines is 1. The molecule has 3 rings (SSSR count). The zero-order valence-electron chi connectivity index (χ0n) is 11.6. The third kappa shape index (κ3) is 2.77. The van der Waals surface area contributed by atoms with Crippen LogP contribution in [-0.4, -0.2) is 11.5 Å². The number of aromatic nitrogens is 1. The van der Waals surface area contributed by atoms with E-state index in [1.54, 1.807) is 0 Å². The van der Waals surface area contributed by atoms with Gasteiger partial charge in [0.1, 0.15) is 0 Å². The van der Waals surface area contributed by atoms with Gasteiger partial charge in [0.15, 0.2) is 0 Å². The number of halogens is 2. The van der Waals surface area contributed by atoms with Gasteiger partial charge in [0, 0.05) is 46.5 Å². The van der Waals surface area contributed by atoms with Gasteiger partial charge in [0.2, 0.25) is 0 Å². The Morgan fingerprint density at radius 2 is 2.05 bits per heavy atom. The van der Waals surface area contributed by atoms with Crippen LogP contribution in [0, 0.1) is 0 Å². The van der Waals surface area contributed by atoms with Gasteiger partial charge in [-0.15, -0.1) is 12.4 Å². The molecule has 0 saturated carbocycles. The van der Waals surface area contributed by atoms with Gasteiger partial charge in [-0.25, -0.2) is 0 Å². The van der Waals surface area contributed by atoms with Crippen LogP contribution in [0.3, 0.4) is 0 Å². The lowest BCUT2D eigenvalue weighted by atomic mass is 9.88. The summed E-state index contributed by atoms with van der Waals surface area (Å²) >= 11 is 6.19. The van der Waals surface area contributed by atoms with Gasteiger partial charge < -0.3 is 5.32 Å². The van der Waals surface area contributed by atoms with E-state index in [1.165, 1.54) is 11.3 Å². The van der Waals surface area contributed by atoms with E-state index in [1.807, 2.05) is 24.4 Å². The predicted octanol–water partition coefficient (Wildman–Crippen LogP) is 4.45. The monoisotopic (exact) mass is 308 g/mol. The van der Waals surface area contributed by atoms with Crippen molar-refractivity contribution in [3.05, 3.63) is 58.4 Å². The average Bonchev–Trinajstić information content (AvgIpc) is 2.68. The highest BCUT2D eigenvalue weighted by atomic mass is 35.5. The molecule has 0 unspecified atom stereocenters. The molecule has 0 amide bonds. The Kier molecular flexibility index (Phi) is 4.26. The number of hydrogen-bond donors (Lipinski definition) is 1. The Balaban J connectivity index is 0.00000147. The van der Waals surface area contributed by atoms with E-state index in [0.717, 1.165) is 29.2 Å². The smallest absolute Gasteiger partial charge is 0.0468 e. The maximum atomic E-state index is 6.19. The Labute approximate surface area is 131 Å². The number of nitrogens with zero attached hydrogens (tertiary/aromatic N) is 1. The van der Waals surface area contributed by atoms with E-state index in [-0.39, 0.29) is 17.8 Å². The molecule has 0 aliphatic carbocycles. The van der Waals surface area contributed by atoms with Crippen LogP contribution in [0.1, 0.15) is 30.7 Å². The average molecular weight is 309 g/mol. The fraction of sp³-hybridized carbons (Fsp3) is 0.312. The Bertz CT molecular complexity index is 624. The molecule has 2 aromatic rings. The Morgan fingerprint density at radius 1 is 1.30 bits per heavy atom. The van der Waals surface area contributed by atoms with Crippen LogP contribution in [0.5, 0.6) is 0 Å². The zero-order chi connectivity index (χ0) is 13.5. The third-order valence-electron chi connectivity index (χ3n) is 3.74. The number of nitrogens with one attached hydrogen (secondary N) is 1. The van der Waals surface area contributed by atoms with E-state index in [4.69, 9.17) is 11.6 Å². The Hall–Kier alpha value is -1.25. The van der Waals surface area contributed by atoms with Crippen molar-refractivity contribution in [2.24, 2.45) is 0 Å². The van der Waals surface area contributed by atoms with Crippen LogP contribution in [0.25, 0.3) is 0 Å². The minimum absolute atomic E-state index is 0. The molecule has 0 bridgehead atoms. The second kappa shape index (κ2) is 5.63. The molecular weight excluding hydrogens is 291 g/mol. The van der Waals surface area contributed by atoms with Crippen molar-refractivity contribution in [3.8, 4) is 0 Å². The SMILES string of the molecule is CC1(C)CNc2cc(Cc3ccccc3Cl)ncc21.Cl. The summed E-state index contributed by atoms with van der Waals surface area (Å²) in [7, 11) is 0. The van der Waals surface area contributed by atoms with Gasteiger partial charge in [0.05, 0.1) is 0 Å². The summed E-state index contributed by atoms with van der Waals surface area (Å²) in [5.41, 5.74) is 4.86. The van der Waals surface area contributed by atoms with Crippen LogP contribution in [-0.2, 0) is 11.8 Å². The molecule has 0 spiro atoms. The topological polar surface area (TPSA) is 24.9 Å². The lowest BCUT2D eigenvalue weighted by Gasteiger charge is -2.16. The lowest BCUT2D eigenvalue weighted by molar-refractivity contribution is 0.584. The van der Waals surface area contributed by atoms with E-state index in [2.05, 4.69) is 36.3 Å². The van der Waals surface area contributed by atoms with Crippen molar-refractivity contribution in [1.29, 1.82) is 0 Å². The number of benzene rings is 1. The highest BCUT2D eigenvalue weighted by Crippen LogP contribution is 2.36. The molecule has 2 nitrogen and oxygen atoms in total. The fourth-order valence-corrected chi connectivity index (χ4v) is 2.73. The summed E-state index contributed by atoms with van der Waals surface area (Å²) in [6.07, 6.45) is 2.77. The molecular formula is C16H18Cl2N2.